The number of methoxy groups -OCH3 is 1. The van der Waals surface area contributed by atoms with E-state index in [2.05, 4.69) is 20.3 Å². The van der Waals surface area contributed by atoms with Crippen molar-refractivity contribution in [2.24, 2.45) is 0 Å². The van der Waals surface area contributed by atoms with E-state index in [0.717, 1.165) is 11.8 Å². The van der Waals surface area contributed by atoms with E-state index in [1.807, 2.05) is 0 Å². The molecule has 3 aromatic carbocycles. The third kappa shape index (κ3) is 5.12. The lowest BCUT2D eigenvalue weighted by Gasteiger charge is -2.11. The first-order valence-electron chi connectivity index (χ1n) is 10.0. The topological polar surface area (TPSA) is 86.1 Å². The largest absolute Gasteiger partial charge is 0.465 e. The van der Waals surface area contributed by atoms with Crippen molar-refractivity contribution in [1.29, 1.82) is 0 Å². The number of hydrogen-bond donors (Lipinski definition) is 1. The van der Waals surface area contributed by atoms with Crippen LogP contribution in [-0.2, 0) is 9.53 Å². The molecule has 4 rings (SSSR count). The van der Waals surface area contributed by atoms with Gasteiger partial charge < -0.3 is 10.1 Å². The van der Waals surface area contributed by atoms with Gasteiger partial charge in [0.15, 0.2) is 11.0 Å². The number of carbonyl (C=O) groups is 2. The Bertz CT molecular complexity index is 1330. The van der Waals surface area contributed by atoms with Crippen molar-refractivity contribution in [2.75, 3.05) is 18.2 Å². The molecule has 0 saturated carbocycles. The van der Waals surface area contributed by atoms with Gasteiger partial charge in [-0.3, -0.25) is 9.36 Å². The summed E-state index contributed by atoms with van der Waals surface area (Å²) in [7, 11) is 1.29. The van der Waals surface area contributed by atoms with Crippen LogP contribution in [0, 0.1) is 11.6 Å². The minimum absolute atomic E-state index is 0.0185. The third-order valence-electron chi connectivity index (χ3n) is 4.76. The first-order valence-corrected chi connectivity index (χ1v) is 11.0. The maximum atomic E-state index is 14.5. The number of benzene rings is 3. The average Bonchev–Trinajstić information content (AvgIpc) is 3.27. The van der Waals surface area contributed by atoms with Crippen LogP contribution in [0.25, 0.3) is 17.1 Å². The number of halogens is 2. The van der Waals surface area contributed by atoms with E-state index < -0.39 is 17.6 Å². The fourth-order valence-electron chi connectivity index (χ4n) is 3.14. The zero-order valence-corrected chi connectivity index (χ0v) is 18.7. The monoisotopic (exact) mass is 480 g/mol. The van der Waals surface area contributed by atoms with Crippen LogP contribution in [0.2, 0.25) is 0 Å². The second-order valence-corrected chi connectivity index (χ2v) is 7.95. The Labute approximate surface area is 197 Å². The molecule has 1 N–H and O–H groups in total. The summed E-state index contributed by atoms with van der Waals surface area (Å²) >= 11 is 1.09. The van der Waals surface area contributed by atoms with Gasteiger partial charge in [0.2, 0.25) is 5.91 Å². The molecule has 1 amide bonds. The van der Waals surface area contributed by atoms with E-state index in [1.165, 1.54) is 37.4 Å². The molecule has 7 nitrogen and oxygen atoms in total. The quantitative estimate of drug-likeness (QED) is 0.304. The van der Waals surface area contributed by atoms with Gasteiger partial charge in [-0.15, -0.1) is 10.2 Å². The summed E-state index contributed by atoms with van der Waals surface area (Å²) in [6.07, 6.45) is 0. The highest BCUT2D eigenvalue weighted by molar-refractivity contribution is 7.99. The zero-order valence-electron chi connectivity index (χ0n) is 17.9. The fraction of sp³-hybridized carbons (Fsp3) is 0.0833. The van der Waals surface area contributed by atoms with Crippen LogP contribution >= 0.6 is 11.8 Å². The summed E-state index contributed by atoms with van der Waals surface area (Å²) in [6, 6.07) is 18.0. The van der Waals surface area contributed by atoms with Crippen LogP contribution in [0.5, 0.6) is 0 Å². The minimum atomic E-state index is -0.483. The number of hydrogen-bond acceptors (Lipinski definition) is 6. The molecule has 0 aliphatic heterocycles. The third-order valence-corrected chi connectivity index (χ3v) is 5.68. The van der Waals surface area contributed by atoms with Gasteiger partial charge in [-0.25, -0.2) is 13.6 Å². The molecular weight excluding hydrogens is 462 g/mol. The summed E-state index contributed by atoms with van der Waals surface area (Å²) in [5, 5.41) is 11.3. The molecule has 0 unspecified atom stereocenters. The number of nitrogens with one attached hydrogen (secondary N) is 1. The Morgan fingerprint density at radius 2 is 1.68 bits per heavy atom. The van der Waals surface area contributed by atoms with Gasteiger partial charge in [0.1, 0.15) is 11.6 Å². The summed E-state index contributed by atoms with van der Waals surface area (Å²) in [4.78, 5) is 24.0. The first kappa shape index (κ1) is 23.1. The molecule has 1 heterocycles. The fourth-order valence-corrected chi connectivity index (χ4v) is 3.89. The van der Waals surface area contributed by atoms with Crippen molar-refractivity contribution in [2.45, 2.75) is 5.16 Å². The summed E-state index contributed by atoms with van der Waals surface area (Å²) in [6.45, 7) is 0. The molecule has 172 valence electrons. The molecule has 0 bridgehead atoms. The molecule has 0 aliphatic carbocycles. The Morgan fingerprint density at radius 1 is 0.971 bits per heavy atom. The number of nitrogens with zero attached hydrogens (tertiary/aromatic N) is 3. The van der Waals surface area contributed by atoms with Gasteiger partial charge in [0, 0.05) is 11.4 Å². The first-order chi connectivity index (χ1) is 16.5. The summed E-state index contributed by atoms with van der Waals surface area (Å²) in [5.74, 6) is -1.49. The van der Waals surface area contributed by atoms with E-state index in [0.29, 0.717) is 22.1 Å². The van der Waals surface area contributed by atoms with E-state index in [4.69, 9.17) is 0 Å². The van der Waals surface area contributed by atoms with Gasteiger partial charge in [-0.1, -0.05) is 23.9 Å². The maximum absolute atomic E-state index is 14.5. The lowest BCUT2D eigenvalue weighted by molar-refractivity contribution is -0.113. The van der Waals surface area contributed by atoms with E-state index in [-0.39, 0.29) is 23.0 Å². The highest BCUT2D eigenvalue weighted by Gasteiger charge is 2.19. The van der Waals surface area contributed by atoms with Gasteiger partial charge >= 0.3 is 5.97 Å². The predicted octanol–water partition coefficient (Wildman–Crippen LogP) is 4.73. The van der Waals surface area contributed by atoms with Crippen LogP contribution in [-0.4, -0.2) is 39.5 Å². The van der Waals surface area contributed by atoms with Crippen molar-refractivity contribution in [3.8, 4) is 17.1 Å². The summed E-state index contributed by atoms with van der Waals surface area (Å²) < 4.78 is 34.2. The van der Waals surface area contributed by atoms with Crippen molar-refractivity contribution < 1.29 is 23.1 Å². The Kier molecular flexibility index (Phi) is 6.98. The maximum Gasteiger partial charge on any atom is 0.337 e. The lowest BCUT2D eigenvalue weighted by atomic mass is 10.2. The number of anilines is 1. The van der Waals surface area contributed by atoms with E-state index in [1.54, 1.807) is 47.0 Å². The normalized spacial score (nSPS) is 10.7. The minimum Gasteiger partial charge on any atom is -0.465 e. The average molecular weight is 480 g/mol. The Morgan fingerprint density at radius 3 is 2.35 bits per heavy atom. The molecule has 34 heavy (non-hydrogen) atoms. The van der Waals surface area contributed by atoms with Crippen molar-refractivity contribution in [3.05, 3.63) is 90.0 Å². The van der Waals surface area contributed by atoms with Gasteiger partial charge in [-0.2, -0.15) is 0 Å². The molecule has 10 heteroatoms. The number of amides is 1. The molecular formula is C24H18F2N4O3S. The zero-order chi connectivity index (χ0) is 24.1. The molecule has 0 aliphatic rings. The Balaban J connectivity index is 1.55. The standard InChI is InChI=1S/C24H18F2N4O3S/c1-33-23(32)15-6-10-17(11-7-15)27-21(31)14-34-24-29-28-22(19-4-2-3-5-20(19)26)30(24)18-12-8-16(25)9-13-18/h2-13H,14H2,1H3,(H,27,31). The highest BCUT2D eigenvalue weighted by Crippen LogP contribution is 2.29. The number of ether oxygens (including phenoxy) is 1. The molecule has 0 radical (unpaired) electrons. The van der Waals surface area contributed by atoms with Crippen molar-refractivity contribution >= 4 is 29.3 Å². The van der Waals surface area contributed by atoms with Crippen molar-refractivity contribution in [3.63, 3.8) is 0 Å². The smallest absolute Gasteiger partial charge is 0.337 e. The second-order valence-electron chi connectivity index (χ2n) is 7.00. The molecule has 0 spiro atoms. The van der Waals surface area contributed by atoms with E-state index >= 15 is 0 Å². The second kappa shape index (κ2) is 10.3. The SMILES string of the molecule is COC(=O)c1ccc(NC(=O)CSc2nnc(-c3ccccc3F)n2-c2ccc(F)cc2)cc1. The predicted molar refractivity (Wildman–Crippen MR) is 124 cm³/mol. The number of esters is 1. The molecule has 0 saturated heterocycles. The van der Waals surface area contributed by atoms with Crippen LogP contribution < -0.4 is 5.32 Å². The Hall–Kier alpha value is -4.05. The molecule has 0 fully saturated rings. The molecule has 0 atom stereocenters. The molecule has 4 aromatic rings. The lowest BCUT2D eigenvalue weighted by Crippen LogP contribution is -2.14. The number of carbonyl (C=O) groups excluding carboxylic acids is 2. The van der Waals surface area contributed by atoms with Crippen LogP contribution in [0.3, 0.4) is 0 Å². The van der Waals surface area contributed by atoms with Crippen LogP contribution in [0.15, 0.2) is 78.0 Å². The highest BCUT2D eigenvalue weighted by atomic mass is 32.2. The van der Waals surface area contributed by atoms with Gasteiger partial charge in [0.05, 0.1) is 24.0 Å². The molecule has 1 aromatic heterocycles. The van der Waals surface area contributed by atoms with Gasteiger partial charge in [0.25, 0.3) is 0 Å². The van der Waals surface area contributed by atoms with Crippen LogP contribution in [0.4, 0.5) is 14.5 Å². The van der Waals surface area contributed by atoms with Crippen molar-refractivity contribution in [1.82, 2.24) is 14.8 Å². The number of thioether (sulfide) groups is 1. The number of rotatable bonds is 7. The van der Waals surface area contributed by atoms with E-state index in [9.17, 15) is 18.4 Å². The summed E-state index contributed by atoms with van der Waals surface area (Å²) in [5.41, 5.74) is 1.61. The van der Waals surface area contributed by atoms with Crippen LogP contribution in [0.1, 0.15) is 10.4 Å². The van der Waals surface area contributed by atoms with Gasteiger partial charge in [-0.05, 0) is 60.7 Å². The number of aromatic nitrogens is 3.